The second kappa shape index (κ2) is 5.67. The molecule has 0 bridgehead atoms. The van der Waals surface area contributed by atoms with Crippen LogP contribution in [0.25, 0.3) is 10.8 Å². The molecule has 0 aromatic heterocycles. The first-order valence-corrected chi connectivity index (χ1v) is 6.88. The molecule has 0 saturated heterocycles. The van der Waals surface area contributed by atoms with E-state index in [-0.39, 0.29) is 5.92 Å². The quantitative estimate of drug-likeness (QED) is 0.866. The molecule has 94 valence electrons. The van der Waals surface area contributed by atoms with E-state index in [0.29, 0.717) is 11.6 Å². The third-order valence-electron chi connectivity index (χ3n) is 2.76. The first-order chi connectivity index (χ1) is 8.56. The van der Waals surface area contributed by atoms with Gasteiger partial charge >= 0.3 is 0 Å². The average Bonchev–Trinajstić information content (AvgIpc) is 2.35. The minimum Gasteiger partial charge on any atom is -0.493 e. The first-order valence-electron chi connectivity index (χ1n) is 5.67. The van der Waals surface area contributed by atoms with Crippen molar-refractivity contribution in [3.63, 3.8) is 0 Å². The van der Waals surface area contributed by atoms with Gasteiger partial charge in [0.15, 0.2) is 0 Å². The van der Waals surface area contributed by atoms with Crippen LogP contribution in [0.2, 0.25) is 0 Å². The molecule has 0 amide bonds. The molecule has 0 saturated carbocycles. The van der Waals surface area contributed by atoms with Crippen LogP contribution in [0.15, 0.2) is 40.9 Å². The van der Waals surface area contributed by atoms with E-state index in [9.17, 15) is 0 Å². The Hall–Kier alpha value is -1.13. The molecule has 2 N–H and O–H groups in total. The summed E-state index contributed by atoms with van der Waals surface area (Å²) in [7, 11) is 0. The summed E-state index contributed by atoms with van der Waals surface area (Å²) in [6.07, 6.45) is 0. The molecule has 0 aliphatic heterocycles. The molecule has 0 aliphatic rings. The van der Waals surface area contributed by atoms with E-state index in [1.54, 1.807) is 0 Å². The Morgan fingerprint density at radius 1 is 1.28 bits per heavy atom. The highest BCUT2D eigenvalue weighted by molar-refractivity contribution is 9.10. The van der Waals surface area contributed by atoms with Crippen LogP contribution in [0.3, 0.4) is 0 Å². The maximum atomic E-state index is 5.69. The average molecular weight is 324 g/mol. The Balaban J connectivity index is 2.15. The Morgan fingerprint density at radius 2 is 1.94 bits per heavy atom. The molecule has 2 rings (SSSR count). The van der Waals surface area contributed by atoms with Crippen molar-refractivity contribution >= 4 is 43.9 Å². The summed E-state index contributed by atoms with van der Waals surface area (Å²) in [5, 5.41) is 2.33. The molecule has 4 heteroatoms. The van der Waals surface area contributed by atoms with Gasteiger partial charge in [-0.1, -0.05) is 47.2 Å². The monoisotopic (exact) mass is 323 g/mol. The summed E-state index contributed by atoms with van der Waals surface area (Å²) in [4.78, 5) is 0.486. The molecule has 2 nitrogen and oxygen atoms in total. The van der Waals surface area contributed by atoms with E-state index in [0.717, 1.165) is 15.6 Å². The lowest BCUT2D eigenvalue weighted by molar-refractivity contribution is 0.294. The lowest BCUT2D eigenvalue weighted by Gasteiger charge is -2.12. The lowest BCUT2D eigenvalue weighted by atomic mass is 10.1. The summed E-state index contributed by atoms with van der Waals surface area (Å²) in [6.45, 7) is 2.47. The van der Waals surface area contributed by atoms with Crippen molar-refractivity contribution in [2.45, 2.75) is 6.92 Å². The van der Waals surface area contributed by atoms with E-state index in [1.807, 2.05) is 31.2 Å². The van der Waals surface area contributed by atoms with Crippen LogP contribution >= 0.6 is 28.1 Å². The van der Waals surface area contributed by atoms with Crippen LogP contribution in [0.4, 0.5) is 0 Å². The number of fused-ring (bicyclic) bond motifs is 1. The number of hydrogen-bond donors (Lipinski definition) is 1. The smallest absolute Gasteiger partial charge is 0.119 e. The van der Waals surface area contributed by atoms with Gasteiger partial charge in [-0.05, 0) is 35.0 Å². The molecule has 0 fully saturated rings. The number of rotatable bonds is 4. The first kappa shape index (κ1) is 13.3. The summed E-state index contributed by atoms with van der Waals surface area (Å²) < 4.78 is 6.76. The van der Waals surface area contributed by atoms with Gasteiger partial charge in [0.25, 0.3) is 0 Å². The standard InChI is InChI=1S/C14H14BrNOS/c1-9(14(16)18)8-17-13-5-3-10-6-12(15)4-2-11(10)7-13/h2-7,9H,8H2,1H3,(H2,16,18). The minimum absolute atomic E-state index is 0.0839. The second-order valence-corrected chi connectivity index (χ2v) is 5.65. The van der Waals surface area contributed by atoms with Gasteiger partial charge in [0.05, 0.1) is 11.6 Å². The molecule has 2 aromatic carbocycles. The molecular formula is C14H14BrNOS. The third kappa shape index (κ3) is 3.21. The molecule has 0 heterocycles. The predicted octanol–water partition coefficient (Wildman–Crippen LogP) is 3.90. The molecule has 0 radical (unpaired) electrons. The van der Waals surface area contributed by atoms with Crippen molar-refractivity contribution < 1.29 is 4.74 Å². The van der Waals surface area contributed by atoms with Crippen molar-refractivity contribution in [2.24, 2.45) is 11.7 Å². The number of thiocarbonyl (C=S) groups is 1. The minimum atomic E-state index is 0.0839. The zero-order valence-corrected chi connectivity index (χ0v) is 12.4. The molecular weight excluding hydrogens is 310 g/mol. The fourth-order valence-electron chi connectivity index (χ4n) is 1.59. The summed E-state index contributed by atoms with van der Waals surface area (Å²) in [5.74, 6) is 0.925. The van der Waals surface area contributed by atoms with E-state index in [2.05, 4.69) is 28.1 Å². The van der Waals surface area contributed by atoms with Crippen LogP contribution in [0.5, 0.6) is 5.75 Å². The molecule has 2 aromatic rings. The van der Waals surface area contributed by atoms with Gasteiger partial charge in [-0.15, -0.1) is 0 Å². The molecule has 0 spiro atoms. The van der Waals surface area contributed by atoms with Gasteiger partial charge in [-0.25, -0.2) is 0 Å². The Labute approximate surface area is 120 Å². The van der Waals surface area contributed by atoms with E-state index >= 15 is 0 Å². The van der Waals surface area contributed by atoms with Gasteiger partial charge in [0.1, 0.15) is 5.75 Å². The normalized spacial score (nSPS) is 12.3. The van der Waals surface area contributed by atoms with Crippen LogP contribution < -0.4 is 10.5 Å². The van der Waals surface area contributed by atoms with E-state index in [1.165, 1.54) is 5.39 Å². The zero-order chi connectivity index (χ0) is 13.1. The second-order valence-electron chi connectivity index (χ2n) is 4.27. The van der Waals surface area contributed by atoms with Crippen molar-refractivity contribution in [3.8, 4) is 5.75 Å². The Bertz CT molecular complexity index is 585. The topological polar surface area (TPSA) is 35.2 Å². The van der Waals surface area contributed by atoms with Gasteiger partial charge in [-0.2, -0.15) is 0 Å². The highest BCUT2D eigenvalue weighted by Crippen LogP contribution is 2.24. The third-order valence-corrected chi connectivity index (χ3v) is 3.66. The highest BCUT2D eigenvalue weighted by Gasteiger charge is 2.06. The van der Waals surface area contributed by atoms with Crippen molar-refractivity contribution in [1.82, 2.24) is 0 Å². The lowest BCUT2D eigenvalue weighted by Crippen LogP contribution is -2.23. The van der Waals surface area contributed by atoms with E-state index < -0.39 is 0 Å². The Kier molecular flexibility index (Phi) is 4.19. The van der Waals surface area contributed by atoms with Crippen LogP contribution in [-0.4, -0.2) is 11.6 Å². The number of benzene rings is 2. The van der Waals surface area contributed by atoms with Crippen molar-refractivity contribution in [3.05, 3.63) is 40.9 Å². The van der Waals surface area contributed by atoms with Crippen molar-refractivity contribution in [2.75, 3.05) is 6.61 Å². The van der Waals surface area contributed by atoms with Crippen LogP contribution in [-0.2, 0) is 0 Å². The number of ether oxygens (including phenoxy) is 1. The van der Waals surface area contributed by atoms with Gasteiger partial charge in [0, 0.05) is 10.4 Å². The fraction of sp³-hybridized carbons (Fsp3) is 0.214. The van der Waals surface area contributed by atoms with Crippen LogP contribution in [0.1, 0.15) is 6.92 Å². The summed E-state index contributed by atoms with van der Waals surface area (Å²) >= 11 is 8.37. The maximum absolute atomic E-state index is 5.69. The highest BCUT2D eigenvalue weighted by atomic mass is 79.9. The Morgan fingerprint density at radius 3 is 2.67 bits per heavy atom. The van der Waals surface area contributed by atoms with Crippen molar-refractivity contribution in [1.29, 1.82) is 0 Å². The maximum Gasteiger partial charge on any atom is 0.119 e. The summed E-state index contributed by atoms with van der Waals surface area (Å²) in [6, 6.07) is 12.2. The van der Waals surface area contributed by atoms with Gasteiger partial charge in [-0.3, -0.25) is 0 Å². The molecule has 18 heavy (non-hydrogen) atoms. The number of hydrogen-bond acceptors (Lipinski definition) is 2. The van der Waals surface area contributed by atoms with Gasteiger partial charge < -0.3 is 10.5 Å². The SMILES string of the molecule is CC(COc1ccc2cc(Br)ccc2c1)C(N)=S. The largest absolute Gasteiger partial charge is 0.493 e. The predicted molar refractivity (Wildman–Crippen MR) is 83.1 cm³/mol. The van der Waals surface area contributed by atoms with E-state index in [4.69, 9.17) is 22.7 Å². The fourth-order valence-corrected chi connectivity index (χ4v) is 2.03. The molecule has 1 atom stereocenters. The number of halogens is 1. The molecule has 0 aliphatic carbocycles. The van der Waals surface area contributed by atoms with Gasteiger partial charge in [0.2, 0.25) is 0 Å². The number of nitrogens with two attached hydrogens (primary N) is 1. The van der Waals surface area contributed by atoms with Crippen LogP contribution in [0, 0.1) is 5.92 Å². The summed E-state index contributed by atoms with van der Waals surface area (Å²) in [5.41, 5.74) is 5.55. The molecule has 1 unspecified atom stereocenters. The zero-order valence-electron chi connectivity index (χ0n) is 10.0.